The predicted octanol–water partition coefficient (Wildman–Crippen LogP) is 4.75. The Kier molecular flexibility index (Phi) is 6.50. The molecule has 0 unspecified atom stereocenters. The molecule has 0 bridgehead atoms. The fourth-order valence-corrected chi connectivity index (χ4v) is 4.78. The zero-order chi connectivity index (χ0) is 25.2. The first-order valence-corrected chi connectivity index (χ1v) is 12.2. The topological polar surface area (TPSA) is 93.2 Å². The van der Waals surface area contributed by atoms with E-state index < -0.39 is 5.63 Å². The van der Waals surface area contributed by atoms with Crippen molar-refractivity contribution in [1.82, 2.24) is 9.80 Å². The van der Waals surface area contributed by atoms with E-state index in [9.17, 15) is 14.4 Å². The number of carbonyl (C=O) groups excluding carboxylic acids is 2. The second-order valence-corrected chi connectivity index (χ2v) is 8.92. The number of carbonyl (C=O) groups is 2. The molecule has 2 aromatic carbocycles. The average molecular weight is 489 g/mol. The van der Waals surface area contributed by atoms with Crippen molar-refractivity contribution in [3.63, 3.8) is 0 Å². The fraction of sp³-hybridized carbons (Fsp3) is 0.321. The van der Waals surface area contributed by atoms with Gasteiger partial charge in [0, 0.05) is 60.6 Å². The van der Waals surface area contributed by atoms with Gasteiger partial charge in [-0.1, -0.05) is 30.3 Å². The zero-order valence-corrected chi connectivity index (χ0v) is 20.4. The monoisotopic (exact) mass is 488 g/mol. The Morgan fingerprint density at radius 3 is 2.42 bits per heavy atom. The SMILES string of the molecule is CCOC(=O)N1CCN(C(=O)CCc2c(C)c3cc4c(-c5ccccc5)coc4cc3oc2=O)CC1. The molecular formula is C28H28N2O6. The number of hydrogen-bond acceptors (Lipinski definition) is 6. The van der Waals surface area contributed by atoms with Crippen molar-refractivity contribution in [1.29, 1.82) is 0 Å². The van der Waals surface area contributed by atoms with Crippen LogP contribution in [-0.2, 0) is 16.0 Å². The molecule has 2 aromatic heterocycles. The summed E-state index contributed by atoms with van der Waals surface area (Å²) >= 11 is 0. The van der Waals surface area contributed by atoms with Gasteiger partial charge in [-0.25, -0.2) is 9.59 Å². The lowest BCUT2D eigenvalue weighted by Crippen LogP contribution is -2.50. The Morgan fingerprint density at radius 2 is 1.69 bits per heavy atom. The minimum Gasteiger partial charge on any atom is -0.464 e. The maximum absolute atomic E-state index is 12.8. The van der Waals surface area contributed by atoms with Gasteiger partial charge in [0.05, 0.1) is 12.9 Å². The van der Waals surface area contributed by atoms with Gasteiger partial charge in [-0.05, 0) is 37.5 Å². The van der Waals surface area contributed by atoms with E-state index >= 15 is 0 Å². The third-order valence-corrected chi connectivity index (χ3v) is 6.81. The van der Waals surface area contributed by atoms with E-state index in [1.807, 2.05) is 43.3 Å². The van der Waals surface area contributed by atoms with Crippen LogP contribution < -0.4 is 5.63 Å². The number of hydrogen-bond donors (Lipinski definition) is 0. The highest BCUT2D eigenvalue weighted by atomic mass is 16.6. The summed E-state index contributed by atoms with van der Waals surface area (Å²) in [5.41, 5.74) is 4.00. The maximum Gasteiger partial charge on any atom is 0.409 e. The third kappa shape index (κ3) is 4.46. The van der Waals surface area contributed by atoms with Gasteiger partial charge in [0.15, 0.2) is 0 Å². The molecule has 0 radical (unpaired) electrons. The van der Waals surface area contributed by atoms with E-state index in [2.05, 4.69) is 0 Å². The van der Waals surface area contributed by atoms with Crippen molar-refractivity contribution in [2.75, 3.05) is 32.8 Å². The largest absolute Gasteiger partial charge is 0.464 e. The Hall–Kier alpha value is -4.07. The number of furan rings is 1. The van der Waals surface area contributed by atoms with E-state index in [4.69, 9.17) is 13.6 Å². The van der Waals surface area contributed by atoms with Gasteiger partial charge in [0.2, 0.25) is 5.91 Å². The van der Waals surface area contributed by atoms with Crippen molar-refractivity contribution < 1.29 is 23.2 Å². The standard InChI is InChI=1S/C28H28N2O6/c1-3-34-28(33)30-13-11-29(12-14-30)26(31)10-9-20-18(2)21-15-22-23(19-7-5-4-6-8-19)17-35-24(22)16-25(21)36-27(20)32/h4-8,15-17H,3,9-14H2,1-2H3. The number of fused-ring (bicyclic) bond motifs is 2. The second kappa shape index (κ2) is 9.89. The van der Waals surface area contributed by atoms with Crippen LogP contribution in [0.4, 0.5) is 4.79 Å². The first-order chi connectivity index (χ1) is 17.5. The molecule has 0 aliphatic carbocycles. The van der Waals surface area contributed by atoms with Crippen LogP contribution in [0, 0.1) is 6.92 Å². The highest BCUT2D eigenvalue weighted by Gasteiger charge is 2.25. The Bertz CT molecular complexity index is 1480. The molecule has 1 fully saturated rings. The minimum atomic E-state index is -0.436. The number of benzene rings is 2. The van der Waals surface area contributed by atoms with E-state index in [1.165, 1.54) is 0 Å². The molecule has 1 aliphatic rings. The maximum atomic E-state index is 12.8. The lowest BCUT2D eigenvalue weighted by Gasteiger charge is -2.34. The molecule has 3 heterocycles. The summed E-state index contributed by atoms with van der Waals surface area (Å²) in [7, 11) is 0. The molecule has 4 aromatic rings. The number of rotatable bonds is 5. The summed E-state index contributed by atoms with van der Waals surface area (Å²) in [4.78, 5) is 40.9. The number of piperazine rings is 1. The summed E-state index contributed by atoms with van der Waals surface area (Å²) in [5, 5.41) is 1.76. The van der Waals surface area contributed by atoms with Crippen LogP contribution in [0.3, 0.4) is 0 Å². The van der Waals surface area contributed by atoms with Crippen LogP contribution >= 0.6 is 0 Å². The summed E-state index contributed by atoms with van der Waals surface area (Å²) in [6.07, 6.45) is 1.85. The van der Waals surface area contributed by atoms with Crippen molar-refractivity contribution in [3.05, 3.63) is 70.3 Å². The summed E-state index contributed by atoms with van der Waals surface area (Å²) < 4.78 is 16.4. The molecule has 0 N–H and O–H groups in total. The highest BCUT2D eigenvalue weighted by molar-refractivity contribution is 6.02. The van der Waals surface area contributed by atoms with Crippen molar-refractivity contribution in [2.24, 2.45) is 0 Å². The molecule has 0 atom stereocenters. The number of nitrogens with zero attached hydrogens (tertiary/aromatic N) is 2. The molecule has 36 heavy (non-hydrogen) atoms. The summed E-state index contributed by atoms with van der Waals surface area (Å²) in [6.45, 7) is 5.76. The molecule has 1 aliphatic heterocycles. The van der Waals surface area contributed by atoms with Crippen LogP contribution in [-0.4, -0.2) is 54.6 Å². The molecule has 8 nitrogen and oxygen atoms in total. The Balaban J connectivity index is 1.35. The Labute approximate surface area is 208 Å². The van der Waals surface area contributed by atoms with Gasteiger partial charge in [-0.2, -0.15) is 0 Å². The molecular weight excluding hydrogens is 460 g/mol. The van der Waals surface area contributed by atoms with Gasteiger partial charge >= 0.3 is 11.7 Å². The molecule has 0 saturated carbocycles. The zero-order valence-electron chi connectivity index (χ0n) is 20.4. The quantitative estimate of drug-likeness (QED) is 0.377. The van der Waals surface area contributed by atoms with Gasteiger partial charge < -0.3 is 23.4 Å². The van der Waals surface area contributed by atoms with Gasteiger partial charge in [0.25, 0.3) is 0 Å². The molecule has 1 saturated heterocycles. The summed E-state index contributed by atoms with van der Waals surface area (Å²) in [5.74, 6) is -0.0472. The van der Waals surface area contributed by atoms with Crippen molar-refractivity contribution >= 4 is 33.9 Å². The van der Waals surface area contributed by atoms with Crippen LogP contribution in [0.25, 0.3) is 33.1 Å². The van der Waals surface area contributed by atoms with Crippen LogP contribution in [0.5, 0.6) is 0 Å². The van der Waals surface area contributed by atoms with E-state index in [1.54, 1.807) is 29.1 Å². The van der Waals surface area contributed by atoms with Gasteiger partial charge in [-0.15, -0.1) is 0 Å². The average Bonchev–Trinajstić information content (AvgIpc) is 3.31. The normalized spacial score (nSPS) is 13.9. The summed E-state index contributed by atoms with van der Waals surface area (Å²) in [6, 6.07) is 13.7. The minimum absolute atomic E-state index is 0.0472. The van der Waals surface area contributed by atoms with Crippen molar-refractivity contribution in [3.8, 4) is 11.1 Å². The first-order valence-electron chi connectivity index (χ1n) is 12.2. The van der Waals surface area contributed by atoms with Crippen LogP contribution in [0.2, 0.25) is 0 Å². The number of ether oxygens (including phenoxy) is 1. The highest BCUT2D eigenvalue weighted by Crippen LogP contribution is 2.34. The van der Waals surface area contributed by atoms with E-state index in [0.29, 0.717) is 49.5 Å². The van der Waals surface area contributed by atoms with Crippen molar-refractivity contribution in [2.45, 2.75) is 26.7 Å². The smallest absolute Gasteiger partial charge is 0.409 e. The van der Waals surface area contributed by atoms with Gasteiger partial charge in [0.1, 0.15) is 11.2 Å². The number of amides is 2. The molecule has 5 rings (SSSR count). The lowest BCUT2D eigenvalue weighted by molar-refractivity contribution is -0.132. The van der Waals surface area contributed by atoms with Crippen LogP contribution in [0.1, 0.15) is 24.5 Å². The fourth-order valence-electron chi connectivity index (χ4n) is 4.78. The van der Waals surface area contributed by atoms with E-state index in [0.717, 1.165) is 27.5 Å². The molecule has 2 amide bonds. The van der Waals surface area contributed by atoms with E-state index in [-0.39, 0.29) is 24.8 Å². The second-order valence-electron chi connectivity index (χ2n) is 8.92. The Morgan fingerprint density at radius 1 is 0.972 bits per heavy atom. The first kappa shape index (κ1) is 23.7. The van der Waals surface area contributed by atoms with Crippen LogP contribution in [0.15, 0.2) is 62.4 Å². The molecule has 0 spiro atoms. The third-order valence-electron chi connectivity index (χ3n) is 6.81. The molecule has 8 heteroatoms. The molecule has 186 valence electrons. The predicted molar refractivity (Wildman–Crippen MR) is 136 cm³/mol. The number of aryl methyl sites for hydroxylation is 1. The van der Waals surface area contributed by atoms with Gasteiger partial charge in [-0.3, -0.25) is 4.79 Å². The lowest BCUT2D eigenvalue weighted by atomic mass is 9.99.